The van der Waals surface area contributed by atoms with Crippen LogP contribution in [0.15, 0.2) is 0 Å². The summed E-state index contributed by atoms with van der Waals surface area (Å²) in [4.78, 5) is 0. The normalized spacial score (nSPS) is 28.8. The maximum atomic E-state index is 7.17. The van der Waals surface area contributed by atoms with Gasteiger partial charge in [-0.15, -0.1) is 0 Å². The number of hydrogen-bond donors (Lipinski definition) is 3. The minimum absolute atomic E-state index is 0.203. The van der Waals surface area contributed by atoms with Gasteiger partial charge in [0.1, 0.15) is 0 Å². The molecule has 0 bridgehead atoms. The second-order valence-corrected chi connectivity index (χ2v) is 2.01. The summed E-state index contributed by atoms with van der Waals surface area (Å²) in [6.45, 7) is 0.619. The van der Waals surface area contributed by atoms with Crippen molar-refractivity contribution < 1.29 is 4.74 Å². The van der Waals surface area contributed by atoms with E-state index in [0.29, 0.717) is 6.61 Å². The maximum Gasteiger partial charge on any atom is 0.0900 e. The van der Waals surface area contributed by atoms with Gasteiger partial charge in [-0.1, -0.05) is 0 Å². The molecular formula is C5H9N3O. The third kappa shape index (κ3) is 1.14. The quantitative estimate of drug-likeness (QED) is 0.405. The van der Waals surface area contributed by atoms with E-state index in [2.05, 4.69) is 0 Å². The Balaban J connectivity index is 2.62. The van der Waals surface area contributed by atoms with Crippen molar-refractivity contribution in [3.05, 3.63) is 0 Å². The second kappa shape index (κ2) is 2.24. The molecule has 0 saturated carbocycles. The molecule has 1 saturated heterocycles. The molecule has 0 spiro atoms. The molecule has 4 N–H and O–H groups in total. The molecule has 4 nitrogen and oxygen atoms in total. The first-order valence-electron chi connectivity index (χ1n) is 2.71. The van der Waals surface area contributed by atoms with Crippen LogP contribution in [0.3, 0.4) is 0 Å². The molecule has 0 amide bonds. The molecule has 1 rings (SSSR count). The SMILES string of the molecule is N=C1COCC(N)C1=N. The summed E-state index contributed by atoms with van der Waals surface area (Å²) in [5.41, 5.74) is 5.79. The number of nitrogens with one attached hydrogen (secondary N) is 2. The summed E-state index contributed by atoms with van der Waals surface area (Å²) in [6.07, 6.45) is 0. The van der Waals surface area contributed by atoms with Crippen molar-refractivity contribution in [3.8, 4) is 0 Å². The number of hydrogen-bond acceptors (Lipinski definition) is 4. The van der Waals surface area contributed by atoms with Crippen molar-refractivity contribution in [2.75, 3.05) is 13.2 Å². The van der Waals surface area contributed by atoms with Gasteiger partial charge in [-0.05, 0) is 0 Å². The molecule has 4 heteroatoms. The van der Waals surface area contributed by atoms with Gasteiger partial charge in [0.05, 0.1) is 30.7 Å². The lowest BCUT2D eigenvalue weighted by Crippen LogP contribution is -2.45. The summed E-state index contributed by atoms with van der Waals surface area (Å²) in [5, 5.41) is 14.3. The Morgan fingerprint density at radius 3 is 2.67 bits per heavy atom. The van der Waals surface area contributed by atoms with Gasteiger partial charge in [0.15, 0.2) is 0 Å². The highest BCUT2D eigenvalue weighted by Crippen LogP contribution is 1.95. The van der Waals surface area contributed by atoms with Crippen LogP contribution in [-0.4, -0.2) is 30.7 Å². The number of rotatable bonds is 0. The lowest BCUT2D eigenvalue weighted by molar-refractivity contribution is 0.163. The molecule has 1 atom stereocenters. The molecule has 0 aromatic carbocycles. The largest absolute Gasteiger partial charge is 0.373 e. The lowest BCUT2D eigenvalue weighted by Gasteiger charge is -2.19. The standard InChI is InChI=1S/C5H9N3O/c6-3-1-9-2-4(7)5(3)8/h3,7-8H,1-2,6H2. The molecule has 1 heterocycles. The summed E-state index contributed by atoms with van der Waals surface area (Å²) in [6, 6.07) is -0.383. The zero-order valence-electron chi connectivity index (χ0n) is 4.98. The van der Waals surface area contributed by atoms with E-state index in [-0.39, 0.29) is 24.1 Å². The monoisotopic (exact) mass is 127 g/mol. The number of nitrogens with two attached hydrogens (primary N) is 1. The topological polar surface area (TPSA) is 82.9 Å². The molecule has 0 aromatic heterocycles. The smallest absolute Gasteiger partial charge is 0.0900 e. The van der Waals surface area contributed by atoms with Crippen LogP contribution in [0.25, 0.3) is 0 Å². The third-order valence-electron chi connectivity index (χ3n) is 1.24. The highest BCUT2D eigenvalue weighted by Gasteiger charge is 2.19. The van der Waals surface area contributed by atoms with E-state index < -0.39 is 0 Å². The van der Waals surface area contributed by atoms with Crippen LogP contribution in [0.1, 0.15) is 0 Å². The van der Waals surface area contributed by atoms with Crippen molar-refractivity contribution in [1.29, 1.82) is 10.8 Å². The fraction of sp³-hybridized carbons (Fsp3) is 0.600. The molecule has 0 aromatic rings. The van der Waals surface area contributed by atoms with Crippen LogP contribution in [0.5, 0.6) is 0 Å². The maximum absolute atomic E-state index is 7.17. The Hall–Kier alpha value is -0.740. The minimum Gasteiger partial charge on any atom is -0.373 e. The van der Waals surface area contributed by atoms with Gasteiger partial charge in [-0.25, -0.2) is 0 Å². The van der Waals surface area contributed by atoms with Crippen LogP contribution in [-0.2, 0) is 4.74 Å². The van der Waals surface area contributed by atoms with E-state index in [1.807, 2.05) is 0 Å². The third-order valence-corrected chi connectivity index (χ3v) is 1.24. The molecule has 0 aliphatic carbocycles. The Kier molecular flexibility index (Phi) is 1.59. The fourth-order valence-corrected chi connectivity index (χ4v) is 0.673. The zero-order valence-corrected chi connectivity index (χ0v) is 4.98. The molecule has 1 unspecified atom stereocenters. The number of ether oxygens (including phenoxy) is 1. The van der Waals surface area contributed by atoms with E-state index in [9.17, 15) is 0 Å². The molecule has 1 aliphatic heterocycles. The van der Waals surface area contributed by atoms with E-state index in [0.717, 1.165) is 0 Å². The summed E-state index contributed by atoms with van der Waals surface area (Å²) in [7, 11) is 0. The van der Waals surface area contributed by atoms with Crippen molar-refractivity contribution in [1.82, 2.24) is 0 Å². The molecule has 1 aliphatic rings. The molecule has 1 fully saturated rings. The average Bonchev–Trinajstić information content (AvgIpc) is 1.83. The predicted octanol–water partition coefficient (Wildman–Crippen LogP) is -0.617. The fourth-order valence-electron chi connectivity index (χ4n) is 0.673. The van der Waals surface area contributed by atoms with E-state index in [4.69, 9.17) is 21.3 Å². The van der Waals surface area contributed by atoms with Gasteiger partial charge in [-0.3, -0.25) is 0 Å². The van der Waals surface area contributed by atoms with Crippen molar-refractivity contribution in [3.63, 3.8) is 0 Å². The second-order valence-electron chi connectivity index (χ2n) is 2.01. The summed E-state index contributed by atoms with van der Waals surface area (Å²) in [5.74, 6) is 0. The first kappa shape index (κ1) is 6.38. The van der Waals surface area contributed by atoms with E-state index >= 15 is 0 Å². The van der Waals surface area contributed by atoms with Crippen LogP contribution < -0.4 is 5.73 Å². The van der Waals surface area contributed by atoms with Crippen molar-refractivity contribution in [2.45, 2.75) is 6.04 Å². The van der Waals surface area contributed by atoms with Crippen molar-refractivity contribution >= 4 is 11.4 Å². The Morgan fingerprint density at radius 2 is 2.22 bits per heavy atom. The minimum atomic E-state index is -0.383. The summed E-state index contributed by atoms with van der Waals surface area (Å²) < 4.78 is 4.87. The average molecular weight is 127 g/mol. The van der Waals surface area contributed by atoms with Gasteiger partial charge in [0, 0.05) is 0 Å². The van der Waals surface area contributed by atoms with Gasteiger partial charge in [0.2, 0.25) is 0 Å². The van der Waals surface area contributed by atoms with Crippen LogP contribution in [0.4, 0.5) is 0 Å². The Labute approximate surface area is 53.0 Å². The highest BCUT2D eigenvalue weighted by molar-refractivity contribution is 6.42. The molecule has 0 radical (unpaired) electrons. The van der Waals surface area contributed by atoms with Crippen LogP contribution >= 0.6 is 0 Å². The van der Waals surface area contributed by atoms with Gasteiger partial charge >= 0.3 is 0 Å². The van der Waals surface area contributed by atoms with E-state index in [1.165, 1.54) is 0 Å². The Morgan fingerprint density at radius 1 is 1.56 bits per heavy atom. The zero-order chi connectivity index (χ0) is 6.85. The molecule has 9 heavy (non-hydrogen) atoms. The van der Waals surface area contributed by atoms with Gasteiger partial charge < -0.3 is 21.3 Å². The van der Waals surface area contributed by atoms with E-state index in [1.54, 1.807) is 0 Å². The predicted molar refractivity (Wildman–Crippen MR) is 34.2 cm³/mol. The first-order valence-corrected chi connectivity index (χ1v) is 2.71. The Bertz CT molecular complexity index is 154. The van der Waals surface area contributed by atoms with Crippen molar-refractivity contribution in [2.24, 2.45) is 5.73 Å². The lowest BCUT2D eigenvalue weighted by atomic mass is 10.1. The first-order chi connectivity index (χ1) is 4.22. The summed E-state index contributed by atoms with van der Waals surface area (Å²) >= 11 is 0. The van der Waals surface area contributed by atoms with Crippen LogP contribution in [0, 0.1) is 10.8 Å². The molecule has 50 valence electrons. The van der Waals surface area contributed by atoms with Gasteiger partial charge in [0.25, 0.3) is 0 Å². The highest BCUT2D eigenvalue weighted by atomic mass is 16.5. The molecular weight excluding hydrogens is 118 g/mol. The van der Waals surface area contributed by atoms with Gasteiger partial charge in [-0.2, -0.15) is 0 Å². The van der Waals surface area contributed by atoms with Crippen LogP contribution in [0.2, 0.25) is 0 Å².